The Kier molecular flexibility index (Phi) is 3.23. The van der Waals surface area contributed by atoms with Crippen LogP contribution in [-0.2, 0) is 14.4 Å². The first-order valence-corrected chi connectivity index (χ1v) is 6.05. The number of carbonyl (C=O) groups excluding carboxylic acids is 3. The fourth-order valence-electron chi connectivity index (χ4n) is 1.73. The number of carbonyl (C=O) groups is 3. The van der Waals surface area contributed by atoms with Crippen molar-refractivity contribution in [2.24, 2.45) is 5.92 Å². The maximum Gasteiger partial charge on any atom is 0.329 e. The molecule has 0 radical (unpaired) electrons. The molecule has 0 N–H and O–H groups in total. The summed E-state index contributed by atoms with van der Waals surface area (Å²) in [5.74, 6) is -1.89. The number of hydroxylamine groups is 2. The molecule has 0 bridgehead atoms. The molecule has 1 aliphatic rings. The van der Waals surface area contributed by atoms with Crippen molar-refractivity contribution in [1.82, 2.24) is 5.06 Å². The summed E-state index contributed by atoms with van der Waals surface area (Å²) in [4.78, 5) is 39.8. The lowest BCUT2D eigenvalue weighted by molar-refractivity contribution is -0.191. The van der Waals surface area contributed by atoms with E-state index in [0.29, 0.717) is 11.3 Å². The molecule has 1 atom stereocenters. The average molecular weight is 253 g/mol. The van der Waals surface area contributed by atoms with Crippen molar-refractivity contribution in [3.8, 4) is 0 Å². The maximum atomic E-state index is 12.0. The van der Waals surface area contributed by atoms with E-state index in [2.05, 4.69) is 0 Å². The third-order valence-corrected chi connectivity index (χ3v) is 3.37. The summed E-state index contributed by atoms with van der Waals surface area (Å²) >= 11 is 1.31. The van der Waals surface area contributed by atoms with Crippen LogP contribution in [0, 0.1) is 5.92 Å². The summed E-state index contributed by atoms with van der Waals surface area (Å²) in [5, 5.41) is 2.76. The molecule has 0 saturated carbocycles. The van der Waals surface area contributed by atoms with Crippen molar-refractivity contribution in [2.75, 3.05) is 6.54 Å². The molecule has 1 aromatic rings. The van der Waals surface area contributed by atoms with Gasteiger partial charge in [0.15, 0.2) is 5.78 Å². The Balaban J connectivity index is 2.07. The Morgan fingerprint density at radius 3 is 2.88 bits per heavy atom. The van der Waals surface area contributed by atoms with Crippen LogP contribution >= 0.6 is 11.3 Å². The molecule has 0 aliphatic carbocycles. The van der Waals surface area contributed by atoms with Crippen LogP contribution in [0.4, 0.5) is 0 Å². The van der Waals surface area contributed by atoms with Gasteiger partial charge >= 0.3 is 5.97 Å². The first kappa shape index (κ1) is 11.8. The lowest BCUT2D eigenvalue weighted by Crippen LogP contribution is -2.31. The van der Waals surface area contributed by atoms with E-state index in [1.54, 1.807) is 17.5 Å². The van der Waals surface area contributed by atoms with Gasteiger partial charge in [0.05, 0.1) is 11.4 Å². The Morgan fingerprint density at radius 2 is 2.29 bits per heavy atom. The van der Waals surface area contributed by atoms with E-state index in [1.807, 2.05) is 0 Å². The highest BCUT2D eigenvalue weighted by Gasteiger charge is 2.39. The third-order valence-electron chi connectivity index (χ3n) is 2.48. The molecule has 1 unspecified atom stereocenters. The van der Waals surface area contributed by atoms with Gasteiger partial charge in [-0.05, 0) is 17.9 Å². The van der Waals surface area contributed by atoms with Gasteiger partial charge in [-0.2, -0.15) is 5.06 Å². The average Bonchev–Trinajstić information content (AvgIpc) is 2.88. The Morgan fingerprint density at radius 1 is 1.53 bits per heavy atom. The van der Waals surface area contributed by atoms with E-state index < -0.39 is 17.8 Å². The standard InChI is InChI=1S/C11H11NO4S/c1-7(13)16-12-5-4-8(11(12)15)10(14)9-3-2-6-17-9/h2-3,6,8H,4-5H2,1H3. The molecule has 90 valence electrons. The topological polar surface area (TPSA) is 63.7 Å². The molecule has 6 heteroatoms. The molecule has 2 heterocycles. The zero-order valence-electron chi connectivity index (χ0n) is 9.21. The number of Topliss-reactive ketones (excluding diaryl/α,β-unsaturated/α-hetero) is 1. The number of hydrogen-bond donors (Lipinski definition) is 0. The molecule has 0 spiro atoms. The molecule has 1 aliphatic heterocycles. The largest absolute Gasteiger partial charge is 0.338 e. The summed E-state index contributed by atoms with van der Waals surface area (Å²) in [5.41, 5.74) is 0. The van der Waals surface area contributed by atoms with Gasteiger partial charge in [0.1, 0.15) is 5.92 Å². The first-order chi connectivity index (χ1) is 8.09. The smallest absolute Gasteiger partial charge is 0.329 e. The van der Waals surface area contributed by atoms with E-state index >= 15 is 0 Å². The molecule has 0 aromatic carbocycles. The zero-order chi connectivity index (χ0) is 12.4. The highest BCUT2D eigenvalue weighted by molar-refractivity contribution is 7.12. The number of hydrogen-bond acceptors (Lipinski definition) is 5. The second-order valence-electron chi connectivity index (χ2n) is 3.71. The van der Waals surface area contributed by atoms with Gasteiger partial charge in [-0.15, -0.1) is 11.3 Å². The number of nitrogens with zero attached hydrogens (tertiary/aromatic N) is 1. The summed E-state index contributed by atoms with van der Waals surface area (Å²) in [6.07, 6.45) is 0.392. The van der Waals surface area contributed by atoms with Crippen molar-refractivity contribution >= 4 is 29.0 Å². The zero-order valence-corrected chi connectivity index (χ0v) is 10.0. The van der Waals surface area contributed by atoms with Crippen LogP contribution in [0.2, 0.25) is 0 Å². The molecule has 5 nitrogen and oxygen atoms in total. The Bertz CT molecular complexity index is 454. The summed E-state index contributed by atoms with van der Waals surface area (Å²) < 4.78 is 0. The predicted octanol–water partition coefficient (Wildman–Crippen LogP) is 1.26. The normalized spacial score (nSPS) is 19.5. The lowest BCUT2D eigenvalue weighted by atomic mass is 10.0. The molecule has 1 aromatic heterocycles. The van der Waals surface area contributed by atoms with Crippen LogP contribution in [0.25, 0.3) is 0 Å². The lowest BCUT2D eigenvalue weighted by Gasteiger charge is -2.13. The minimum Gasteiger partial charge on any atom is -0.338 e. The summed E-state index contributed by atoms with van der Waals surface area (Å²) in [6, 6.07) is 3.45. The van der Waals surface area contributed by atoms with Crippen molar-refractivity contribution in [3.63, 3.8) is 0 Å². The van der Waals surface area contributed by atoms with Crippen molar-refractivity contribution in [1.29, 1.82) is 0 Å². The third kappa shape index (κ3) is 2.36. The SMILES string of the molecule is CC(=O)ON1CCC(C(=O)c2cccs2)C1=O. The predicted molar refractivity (Wildman–Crippen MR) is 60.2 cm³/mol. The van der Waals surface area contributed by atoms with Crippen LogP contribution in [0.3, 0.4) is 0 Å². The molecular formula is C11H11NO4S. The van der Waals surface area contributed by atoms with Gasteiger partial charge in [0.2, 0.25) is 0 Å². The monoisotopic (exact) mass is 253 g/mol. The van der Waals surface area contributed by atoms with Gasteiger partial charge in [0, 0.05) is 6.92 Å². The van der Waals surface area contributed by atoms with Crippen molar-refractivity contribution in [3.05, 3.63) is 22.4 Å². The van der Waals surface area contributed by atoms with Crippen molar-refractivity contribution in [2.45, 2.75) is 13.3 Å². The molecule has 2 rings (SSSR count). The van der Waals surface area contributed by atoms with Crippen LogP contribution < -0.4 is 0 Å². The van der Waals surface area contributed by atoms with Crippen LogP contribution in [0.5, 0.6) is 0 Å². The van der Waals surface area contributed by atoms with Gasteiger partial charge in [-0.1, -0.05) is 6.07 Å². The van der Waals surface area contributed by atoms with E-state index in [9.17, 15) is 14.4 Å². The molecule has 1 fully saturated rings. The van der Waals surface area contributed by atoms with Gasteiger partial charge in [0.25, 0.3) is 5.91 Å². The Hall–Kier alpha value is -1.69. The second kappa shape index (κ2) is 4.67. The maximum absolute atomic E-state index is 12.0. The first-order valence-electron chi connectivity index (χ1n) is 5.17. The minimum absolute atomic E-state index is 0.195. The molecule has 17 heavy (non-hydrogen) atoms. The highest BCUT2D eigenvalue weighted by Crippen LogP contribution is 2.24. The van der Waals surface area contributed by atoms with E-state index in [4.69, 9.17) is 4.84 Å². The van der Waals surface area contributed by atoms with Gasteiger partial charge < -0.3 is 4.84 Å². The van der Waals surface area contributed by atoms with Crippen molar-refractivity contribution < 1.29 is 19.2 Å². The number of ketones is 1. The Labute approximate surface area is 102 Å². The number of thiophene rings is 1. The fraction of sp³-hybridized carbons (Fsp3) is 0.364. The van der Waals surface area contributed by atoms with Crippen LogP contribution in [-0.4, -0.2) is 29.3 Å². The summed E-state index contributed by atoms with van der Waals surface area (Å²) in [7, 11) is 0. The minimum atomic E-state index is -0.715. The van der Waals surface area contributed by atoms with Crippen LogP contribution in [0.15, 0.2) is 17.5 Å². The van der Waals surface area contributed by atoms with Gasteiger partial charge in [-0.3, -0.25) is 14.4 Å². The van der Waals surface area contributed by atoms with E-state index in [-0.39, 0.29) is 12.3 Å². The van der Waals surface area contributed by atoms with E-state index in [0.717, 1.165) is 5.06 Å². The number of amides is 1. The molecule has 1 amide bonds. The molecule has 1 saturated heterocycles. The molecular weight excluding hydrogens is 242 g/mol. The quantitative estimate of drug-likeness (QED) is 0.601. The van der Waals surface area contributed by atoms with Gasteiger partial charge in [-0.25, -0.2) is 0 Å². The summed E-state index contributed by atoms with van der Waals surface area (Å²) in [6.45, 7) is 1.50. The van der Waals surface area contributed by atoms with Crippen LogP contribution in [0.1, 0.15) is 23.0 Å². The second-order valence-corrected chi connectivity index (χ2v) is 4.65. The number of rotatable bonds is 3. The fourth-order valence-corrected chi connectivity index (χ4v) is 2.45. The highest BCUT2D eigenvalue weighted by atomic mass is 32.1. The van der Waals surface area contributed by atoms with E-state index in [1.165, 1.54) is 18.3 Å².